The van der Waals surface area contributed by atoms with Crippen molar-refractivity contribution in [1.29, 1.82) is 0 Å². The summed E-state index contributed by atoms with van der Waals surface area (Å²) in [6.45, 7) is 6.50. The summed E-state index contributed by atoms with van der Waals surface area (Å²) in [6.07, 6.45) is 6.42. The average molecular weight is 525 g/mol. The number of anilines is 1. The highest BCUT2D eigenvalue weighted by atomic mass is 32.2. The summed E-state index contributed by atoms with van der Waals surface area (Å²) in [5.41, 5.74) is 5.54. The largest absolute Gasteiger partial charge is 0.355 e. The molecule has 3 aromatic heterocycles. The molecule has 0 unspecified atom stereocenters. The number of aromatic nitrogens is 3. The number of carbonyl (C=O) groups excluding carboxylic acids is 1. The zero-order valence-electron chi connectivity index (χ0n) is 21.8. The Labute approximate surface area is 227 Å². The summed E-state index contributed by atoms with van der Waals surface area (Å²) in [4.78, 5) is 30.7. The molecule has 7 nitrogen and oxygen atoms in total. The average Bonchev–Trinajstić information content (AvgIpc) is 3.76. The smallest absolute Gasteiger partial charge is 0.251 e. The van der Waals surface area contributed by atoms with Crippen LogP contribution in [0.15, 0.2) is 65.7 Å². The van der Waals surface area contributed by atoms with Crippen molar-refractivity contribution >= 4 is 34.4 Å². The van der Waals surface area contributed by atoms with Crippen LogP contribution in [0.2, 0.25) is 0 Å². The molecule has 0 radical (unpaired) electrons. The van der Waals surface area contributed by atoms with Gasteiger partial charge < -0.3 is 15.5 Å². The molecule has 0 bridgehead atoms. The van der Waals surface area contributed by atoms with Gasteiger partial charge in [0, 0.05) is 53.6 Å². The molecule has 1 aliphatic heterocycles. The highest BCUT2D eigenvalue weighted by Gasteiger charge is 2.44. The molecule has 194 valence electrons. The van der Waals surface area contributed by atoms with E-state index >= 15 is 0 Å². The third kappa shape index (κ3) is 5.24. The van der Waals surface area contributed by atoms with Crippen LogP contribution < -0.4 is 15.5 Å². The first-order valence-corrected chi connectivity index (χ1v) is 14.4. The van der Waals surface area contributed by atoms with Gasteiger partial charge in [-0.25, -0.2) is 9.97 Å². The van der Waals surface area contributed by atoms with Crippen LogP contribution in [0.3, 0.4) is 0 Å². The first-order chi connectivity index (χ1) is 18.5. The van der Waals surface area contributed by atoms with E-state index in [4.69, 9.17) is 9.97 Å². The van der Waals surface area contributed by atoms with E-state index < -0.39 is 0 Å². The van der Waals surface area contributed by atoms with Gasteiger partial charge in [-0.2, -0.15) is 0 Å². The van der Waals surface area contributed by atoms with Crippen molar-refractivity contribution in [3.8, 4) is 11.4 Å². The molecule has 2 N–H and O–H groups in total. The molecule has 1 saturated carbocycles. The SMILES string of the molecule is CSc1cc(C(=O)NCc2cc3nc(-c4cccc(N5CCNCC6(CC6)C5)n4)ccc3cn2)ccc1C. The minimum absolute atomic E-state index is 0.110. The summed E-state index contributed by atoms with van der Waals surface area (Å²) in [6, 6.07) is 18.0. The number of nitrogens with one attached hydrogen (secondary N) is 2. The Bertz CT molecular complexity index is 1500. The Kier molecular flexibility index (Phi) is 6.76. The zero-order valence-corrected chi connectivity index (χ0v) is 22.6. The van der Waals surface area contributed by atoms with E-state index in [-0.39, 0.29) is 5.91 Å². The van der Waals surface area contributed by atoms with Crippen molar-refractivity contribution in [2.75, 3.05) is 37.3 Å². The van der Waals surface area contributed by atoms with Crippen LogP contribution in [-0.2, 0) is 6.54 Å². The number of nitrogens with zero attached hydrogens (tertiary/aromatic N) is 4. The third-order valence-corrected chi connectivity index (χ3v) is 8.47. The molecule has 38 heavy (non-hydrogen) atoms. The normalized spacial score (nSPS) is 16.4. The topological polar surface area (TPSA) is 83.0 Å². The van der Waals surface area contributed by atoms with E-state index in [1.165, 1.54) is 18.4 Å². The Morgan fingerprint density at radius 2 is 1.97 bits per heavy atom. The van der Waals surface area contributed by atoms with E-state index in [1.54, 1.807) is 11.8 Å². The summed E-state index contributed by atoms with van der Waals surface area (Å²) in [5, 5.41) is 7.54. The van der Waals surface area contributed by atoms with Gasteiger partial charge in [0.05, 0.1) is 29.1 Å². The highest BCUT2D eigenvalue weighted by Crippen LogP contribution is 2.46. The second-order valence-corrected chi connectivity index (χ2v) is 11.3. The van der Waals surface area contributed by atoms with Crippen LogP contribution in [0, 0.1) is 12.3 Å². The number of hydrogen-bond donors (Lipinski definition) is 2. The number of pyridine rings is 3. The number of fused-ring (bicyclic) bond motifs is 1. The summed E-state index contributed by atoms with van der Waals surface area (Å²) in [7, 11) is 0. The number of hydrogen-bond acceptors (Lipinski definition) is 7. The van der Waals surface area contributed by atoms with Gasteiger partial charge in [-0.15, -0.1) is 11.8 Å². The van der Waals surface area contributed by atoms with Gasteiger partial charge in [0.15, 0.2) is 0 Å². The van der Waals surface area contributed by atoms with E-state index in [0.29, 0.717) is 17.5 Å². The van der Waals surface area contributed by atoms with Crippen LogP contribution in [-0.4, -0.2) is 53.3 Å². The van der Waals surface area contributed by atoms with Gasteiger partial charge in [0.2, 0.25) is 0 Å². The molecule has 0 atom stereocenters. The second-order valence-electron chi connectivity index (χ2n) is 10.4. The molecule has 6 rings (SSSR count). The predicted octanol–water partition coefficient (Wildman–Crippen LogP) is 4.84. The minimum Gasteiger partial charge on any atom is -0.355 e. The van der Waals surface area contributed by atoms with Crippen molar-refractivity contribution in [1.82, 2.24) is 25.6 Å². The predicted molar refractivity (Wildman–Crippen MR) is 154 cm³/mol. The number of aryl methyl sites for hydroxylation is 1. The van der Waals surface area contributed by atoms with Crippen molar-refractivity contribution in [3.63, 3.8) is 0 Å². The molecule has 4 aromatic rings. The van der Waals surface area contributed by atoms with Gasteiger partial charge >= 0.3 is 0 Å². The van der Waals surface area contributed by atoms with Gasteiger partial charge in [-0.05, 0) is 74.0 Å². The van der Waals surface area contributed by atoms with Crippen LogP contribution in [0.25, 0.3) is 22.3 Å². The zero-order chi connectivity index (χ0) is 26.1. The highest BCUT2D eigenvalue weighted by molar-refractivity contribution is 7.98. The molecule has 4 heterocycles. The Balaban J connectivity index is 1.20. The maximum absolute atomic E-state index is 12.7. The number of benzene rings is 1. The molecule has 1 spiro atoms. The van der Waals surface area contributed by atoms with Crippen molar-refractivity contribution in [2.24, 2.45) is 5.41 Å². The van der Waals surface area contributed by atoms with E-state index in [0.717, 1.165) is 64.9 Å². The number of carbonyl (C=O) groups is 1. The molecule has 2 aliphatic rings. The fraction of sp³-hybridized carbons (Fsp3) is 0.333. The molecule has 1 amide bonds. The fourth-order valence-electron chi connectivity index (χ4n) is 5.09. The number of rotatable bonds is 6. The molecule has 1 saturated heterocycles. The van der Waals surface area contributed by atoms with Crippen LogP contribution in [0.4, 0.5) is 5.82 Å². The Morgan fingerprint density at radius 3 is 2.82 bits per heavy atom. The van der Waals surface area contributed by atoms with Gasteiger partial charge in [-0.3, -0.25) is 9.78 Å². The summed E-state index contributed by atoms with van der Waals surface area (Å²) in [5.74, 6) is 0.903. The first-order valence-electron chi connectivity index (χ1n) is 13.1. The number of thioether (sulfide) groups is 1. The lowest BCUT2D eigenvalue weighted by atomic mass is 10.1. The second kappa shape index (κ2) is 10.3. The summed E-state index contributed by atoms with van der Waals surface area (Å²) >= 11 is 1.64. The Morgan fingerprint density at radius 1 is 1.11 bits per heavy atom. The van der Waals surface area contributed by atoms with Gasteiger partial charge in [0.25, 0.3) is 5.91 Å². The Hall–Kier alpha value is -3.49. The molecule has 8 heteroatoms. The lowest BCUT2D eigenvalue weighted by Crippen LogP contribution is -2.31. The van der Waals surface area contributed by atoms with Crippen molar-refractivity contribution in [3.05, 3.63) is 77.6 Å². The molecular weight excluding hydrogens is 492 g/mol. The van der Waals surface area contributed by atoms with E-state index in [9.17, 15) is 4.79 Å². The van der Waals surface area contributed by atoms with E-state index in [1.807, 2.05) is 54.9 Å². The lowest BCUT2D eigenvalue weighted by molar-refractivity contribution is 0.0950. The summed E-state index contributed by atoms with van der Waals surface area (Å²) < 4.78 is 0. The van der Waals surface area contributed by atoms with Crippen molar-refractivity contribution in [2.45, 2.75) is 31.2 Å². The van der Waals surface area contributed by atoms with Crippen LogP contribution >= 0.6 is 11.8 Å². The third-order valence-electron chi connectivity index (χ3n) is 7.59. The standard InChI is InChI=1S/C30H32N6OS/c1-20-6-7-21(14-27(20)38-2)29(37)33-17-23-15-26-22(16-32-23)8-9-25(34-26)24-4-3-5-28(35-24)36-13-12-31-18-30(19-36)10-11-30/h3-9,14-16,31H,10-13,17-19H2,1-2H3,(H,33,37). The maximum atomic E-state index is 12.7. The molecule has 1 aromatic carbocycles. The molecule has 2 fully saturated rings. The van der Waals surface area contributed by atoms with Crippen molar-refractivity contribution < 1.29 is 4.79 Å². The fourth-order valence-corrected chi connectivity index (χ4v) is 5.72. The first kappa shape index (κ1) is 24.8. The monoisotopic (exact) mass is 524 g/mol. The maximum Gasteiger partial charge on any atom is 0.251 e. The van der Waals surface area contributed by atoms with E-state index in [2.05, 4.69) is 39.6 Å². The number of amides is 1. The van der Waals surface area contributed by atoms with Crippen LogP contribution in [0.5, 0.6) is 0 Å². The molecular formula is C30H32N6OS. The van der Waals surface area contributed by atoms with Gasteiger partial charge in [-0.1, -0.05) is 12.1 Å². The quantitative estimate of drug-likeness (QED) is 0.349. The minimum atomic E-state index is -0.110. The lowest BCUT2D eigenvalue weighted by Gasteiger charge is -2.25. The molecule has 1 aliphatic carbocycles. The van der Waals surface area contributed by atoms with Crippen LogP contribution in [0.1, 0.15) is 34.5 Å². The van der Waals surface area contributed by atoms with Gasteiger partial charge in [0.1, 0.15) is 5.82 Å².